The molecule has 0 unspecified atom stereocenters. The Hall–Kier alpha value is -0.860. The molecule has 0 bridgehead atoms. The Bertz CT molecular complexity index is 232. The zero-order chi connectivity index (χ0) is 8.48. The van der Waals surface area contributed by atoms with Gasteiger partial charge in [-0.1, -0.05) is 26.0 Å². The first-order chi connectivity index (χ1) is 4.97. The lowest BCUT2D eigenvalue weighted by atomic mass is 9.91. The predicted octanol–water partition coefficient (Wildman–Crippen LogP) is 1.40. The number of aryl methyl sites for hydroxylation is 1. The molecule has 0 saturated carbocycles. The Labute approximate surface area is 67.4 Å². The van der Waals surface area contributed by atoms with Crippen LogP contribution in [0.1, 0.15) is 26.5 Å². The van der Waals surface area contributed by atoms with Gasteiger partial charge in [0.05, 0.1) is 5.69 Å². The van der Waals surface area contributed by atoms with Crippen LogP contribution in [0.25, 0.3) is 0 Å². The summed E-state index contributed by atoms with van der Waals surface area (Å²) in [6.07, 6.45) is 2.95. The molecule has 3 heteroatoms. The minimum Gasteiger partial charge on any atom is -0.255 e. The van der Waals surface area contributed by atoms with Gasteiger partial charge >= 0.3 is 0 Å². The summed E-state index contributed by atoms with van der Waals surface area (Å²) >= 11 is 0. The van der Waals surface area contributed by atoms with Gasteiger partial charge in [-0.25, -0.2) is 0 Å². The van der Waals surface area contributed by atoms with Crippen molar-refractivity contribution in [2.75, 3.05) is 0 Å². The first-order valence-corrected chi connectivity index (χ1v) is 3.82. The van der Waals surface area contributed by atoms with E-state index in [1.165, 1.54) is 0 Å². The number of aromatic nitrogens is 3. The van der Waals surface area contributed by atoms with E-state index in [0.29, 0.717) is 5.41 Å². The molecule has 1 aromatic heterocycles. The van der Waals surface area contributed by atoms with Crippen LogP contribution in [-0.4, -0.2) is 15.0 Å². The third kappa shape index (κ3) is 2.70. The van der Waals surface area contributed by atoms with Crippen molar-refractivity contribution in [2.45, 2.75) is 27.2 Å². The average Bonchev–Trinajstić information content (AvgIpc) is 2.10. The van der Waals surface area contributed by atoms with E-state index < -0.39 is 0 Å². The minimum atomic E-state index is 0.302. The van der Waals surface area contributed by atoms with Crippen LogP contribution in [0.5, 0.6) is 0 Å². The van der Waals surface area contributed by atoms with E-state index in [2.05, 4.69) is 31.1 Å². The van der Waals surface area contributed by atoms with Crippen molar-refractivity contribution in [2.24, 2.45) is 12.5 Å². The van der Waals surface area contributed by atoms with Gasteiger partial charge < -0.3 is 0 Å². The monoisotopic (exact) mass is 153 g/mol. The third-order valence-corrected chi connectivity index (χ3v) is 1.36. The molecule has 1 aromatic rings. The molecule has 0 amide bonds. The molecule has 0 saturated heterocycles. The fourth-order valence-corrected chi connectivity index (χ4v) is 1.02. The quantitative estimate of drug-likeness (QED) is 0.610. The van der Waals surface area contributed by atoms with Crippen LogP contribution in [0.3, 0.4) is 0 Å². The lowest BCUT2D eigenvalue weighted by Gasteiger charge is -2.14. The number of nitrogens with zero attached hydrogens (tertiary/aromatic N) is 3. The molecular formula is C8H15N3. The van der Waals surface area contributed by atoms with Gasteiger partial charge in [-0.05, 0) is 11.8 Å². The van der Waals surface area contributed by atoms with E-state index in [9.17, 15) is 0 Å². The first-order valence-electron chi connectivity index (χ1n) is 3.82. The Kier molecular flexibility index (Phi) is 1.98. The molecule has 0 aliphatic rings. The second-order valence-electron chi connectivity index (χ2n) is 4.12. The summed E-state index contributed by atoms with van der Waals surface area (Å²) in [6, 6.07) is 0. The van der Waals surface area contributed by atoms with Crippen LogP contribution in [0.2, 0.25) is 0 Å². The van der Waals surface area contributed by atoms with Crippen molar-refractivity contribution < 1.29 is 0 Å². The fourth-order valence-electron chi connectivity index (χ4n) is 1.02. The Morgan fingerprint density at radius 1 is 1.45 bits per heavy atom. The van der Waals surface area contributed by atoms with Crippen molar-refractivity contribution in [1.82, 2.24) is 15.0 Å². The summed E-state index contributed by atoms with van der Waals surface area (Å²) < 4.78 is 1.74. The minimum absolute atomic E-state index is 0.302. The molecule has 0 spiro atoms. The average molecular weight is 153 g/mol. The van der Waals surface area contributed by atoms with Gasteiger partial charge in [-0.2, -0.15) is 0 Å². The molecular weight excluding hydrogens is 138 g/mol. The van der Waals surface area contributed by atoms with Crippen molar-refractivity contribution in [3.05, 3.63) is 11.9 Å². The molecule has 3 nitrogen and oxygen atoms in total. The highest BCUT2D eigenvalue weighted by molar-refractivity contribution is 4.95. The van der Waals surface area contributed by atoms with E-state index >= 15 is 0 Å². The Balaban J connectivity index is 2.65. The highest BCUT2D eigenvalue weighted by Gasteiger charge is 2.12. The van der Waals surface area contributed by atoms with Gasteiger partial charge in [0, 0.05) is 13.2 Å². The molecule has 0 atom stereocenters. The van der Waals surface area contributed by atoms with E-state index in [1.807, 2.05) is 13.2 Å². The van der Waals surface area contributed by atoms with Gasteiger partial charge in [0.25, 0.3) is 0 Å². The van der Waals surface area contributed by atoms with E-state index in [0.717, 1.165) is 12.1 Å². The smallest absolute Gasteiger partial charge is 0.0832 e. The summed E-state index contributed by atoms with van der Waals surface area (Å²) in [5.74, 6) is 0. The van der Waals surface area contributed by atoms with Crippen molar-refractivity contribution in [3.63, 3.8) is 0 Å². The summed E-state index contributed by atoms with van der Waals surface area (Å²) in [6.45, 7) is 6.59. The van der Waals surface area contributed by atoms with Crippen LogP contribution in [0, 0.1) is 5.41 Å². The van der Waals surface area contributed by atoms with Crippen LogP contribution < -0.4 is 0 Å². The predicted molar refractivity (Wildman–Crippen MR) is 44.2 cm³/mol. The van der Waals surface area contributed by atoms with Gasteiger partial charge in [-0.15, -0.1) is 5.10 Å². The molecule has 0 aliphatic heterocycles. The summed E-state index contributed by atoms with van der Waals surface area (Å²) in [5.41, 5.74) is 1.37. The summed E-state index contributed by atoms with van der Waals surface area (Å²) in [4.78, 5) is 0. The van der Waals surface area contributed by atoms with Gasteiger partial charge in [0.2, 0.25) is 0 Å². The normalized spacial score (nSPS) is 12.0. The van der Waals surface area contributed by atoms with E-state index in [4.69, 9.17) is 0 Å². The van der Waals surface area contributed by atoms with Gasteiger partial charge in [-0.3, -0.25) is 4.68 Å². The SMILES string of the molecule is Cn1cc(CC(C)(C)C)nn1. The molecule has 11 heavy (non-hydrogen) atoms. The Morgan fingerprint density at radius 2 is 2.09 bits per heavy atom. The van der Waals surface area contributed by atoms with Crippen LogP contribution in [0.15, 0.2) is 6.20 Å². The second-order valence-corrected chi connectivity index (χ2v) is 4.12. The van der Waals surface area contributed by atoms with Gasteiger partial charge in [0.15, 0.2) is 0 Å². The third-order valence-electron chi connectivity index (χ3n) is 1.36. The maximum absolute atomic E-state index is 4.01. The highest BCUT2D eigenvalue weighted by atomic mass is 15.4. The molecule has 0 N–H and O–H groups in total. The van der Waals surface area contributed by atoms with Crippen LogP contribution >= 0.6 is 0 Å². The lowest BCUT2D eigenvalue weighted by Crippen LogP contribution is -2.09. The highest BCUT2D eigenvalue weighted by Crippen LogP contribution is 2.18. The number of hydrogen-bond acceptors (Lipinski definition) is 2. The molecule has 0 aromatic carbocycles. The van der Waals surface area contributed by atoms with Gasteiger partial charge in [0.1, 0.15) is 0 Å². The number of rotatable bonds is 1. The first kappa shape index (κ1) is 8.24. The standard InChI is InChI=1S/C8H15N3/c1-8(2,3)5-7-6-11(4)10-9-7/h6H,5H2,1-4H3. The van der Waals surface area contributed by atoms with E-state index in [-0.39, 0.29) is 0 Å². The van der Waals surface area contributed by atoms with Crippen LogP contribution in [0.4, 0.5) is 0 Å². The summed E-state index contributed by atoms with van der Waals surface area (Å²) in [7, 11) is 1.89. The largest absolute Gasteiger partial charge is 0.255 e. The van der Waals surface area contributed by atoms with Crippen molar-refractivity contribution >= 4 is 0 Å². The number of hydrogen-bond donors (Lipinski definition) is 0. The maximum Gasteiger partial charge on any atom is 0.0832 e. The molecule has 0 radical (unpaired) electrons. The molecule has 0 fully saturated rings. The Morgan fingerprint density at radius 3 is 2.45 bits per heavy atom. The lowest BCUT2D eigenvalue weighted by molar-refractivity contribution is 0.406. The van der Waals surface area contributed by atoms with Crippen molar-refractivity contribution in [3.8, 4) is 0 Å². The fraction of sp³-hybridized carbons (Fsp3) is 0.750. The molecule has 1 rings (SSSR count). The van der Waals surface area contributed by atoms with E-state index in [1.54, 1.807) is 4.68 Å². The molecule has 1 heterocycles. The summed E-state index contributed by atoms with van der Waals surface area (Å²) in [5, 5.41) is 7.88. The van der Waals surface area contributed by atoms with Crippen LogP contribution in [-0.2, 0) is 13.5 Å². The maximum atomic E-state index is 4.01. The molecule has 0 aliphatic carbocycles. The zero-order valence-electron chi connectivity index (χ0n) is 7.63. The zero-order valence-corrected chi connectivity index (χ0v) is 7.63. The molecule has 62 valence electrons. The second kappa shape index (κ2) is 2.64. The topological polar surface area (TPSA) is 30.7 Å². The van der Waals surface area contributed by atoms with Crippen molar-refractivity contribution in [1.29, 1.82) is 0 Å².